The molecule has 1 amide bonds. The average Bonchev–Trinajstić information content (AvgIpc) is 2.79. The first-order chi connectivity index (χ1) is 10.7. The quantitative estimate of drug-likeness (QED) is 0.844. The molecule has 2 aromatic heterocycles. The van der Waals surface area contributed by atoms with Crippen molar-refractivity contribution in [1.29, 1.82) is 0 Å². The molecule has 0 aromatic carbocycles. The monoisotopic (exact) mass is 329 g/mol. The van der Waals surface area contributed by atoms with Gasteiger partial charge in [0.15, 0.2) is 0 Å². The van der Waals surface area contributed by atoms with Gasteiger partial charge in [-0.3, -0.25) is 4.79 Å². The van der Waals surface area contributed by atoms with Crippen LogP contribution in [-0.2, 0) is 4.74 Å². The van der Waals surface area contributed by atoms with Crippen LogP contribution in [0.2, 0.25) is 0 Å². The number of rotatable bonds is 3. The van der Waals surface area contributed by atoms with Gasteiger partial charge in [-0.1, -0.05) is 0 Å². The first-order valence-electron chi connectivity index (χ1n) is 6.91. The highest BCUT2D eigenvalue weighted by Crippen LogP contribution is 2.20. The first-order valence-corrected chi connectivity index (χ1v) is 6.91. The van der Waals surface area contributed by atoms with Gasteiger partial charge in [-0.05, 0) is 19.9 Å². The number of nitrogens with zero attached hydrogens (tertiary/aromatic N) is 5. The Morgan fingerprint density at radius 2 is 2.04 bits per heavy atom. The predicted molar refractivity (Wildman–Crippen MR) is 72.0 cm³/mol. The number of carbonyl (C=O) groups excluding carboxylic acids is 1. The van der Waals surface area contributed by atoms with Crippen molar-refractivity contribution >= 4 is 11.7 Å². The lowest BCUT2D eigenvalue weighted by Gasteiger charge is -2.38. The smallest absolute Gasteiger partial charge is 0.365 e. The molecule has 1 fully saturated rings. The van der Waals surface area contributed by atoms with Gasteiger partial charge < -0.3 is 9.64 Å². The fourth-order valence-electron chi connectivity index (χ4n) is 2.32. The van der Waals surface area contributed by atoms with Crippen LogP contribution in [0.4, 0.5) is 13.2 Å². The molecule has 0 aliphatic carbocycles. The second-order valence-electron chi connectivity index (χ2n) is 5.44. The third kappa shape index (κ3) is 3.26. The van der Waals surface area contributed by atoms with Crippen LogP contribution in [0.15, 0.2) is 6.07 Å². The second-order valence-corrected chi connectivity index (χ2v) is 5.44. The largest absolute Gasteiger partial charge is 0.411 e. The van der Waals surface area contributed by atoms with Gasteiger partial charge in [0.2, 0.25) is 5.82 Å². The molecule has 1 aliphatic rings. The van der Waals surface area contributed by atoms with E-state index < -0.39 is 24.8 Å². The Labute approximate surface area is 129 Å². The highest BCUT2D eigenvalue weighted by Gasteiger charge is 2.37. The summed E-state index contributed by atoms with van der Waals surface area (Å²) < 4.78 is 42.3. The fraction of sp³-hybridized carbons (Fsp3) is 0.538. The zero-order valence-corrected chi connectivity index (χ0v) is 12.5. The van der Waals surface area contributed by atoms with Gasteiger partial charge in [0.05, 0.1) is 6.10 Å². The van der Waals surface area contributed by atoms with E-state index in [0.29, 0.717) is 5.78 Å². The number of likely N-dealkylation sites (tertiary alicyclic amines) is 1. The molecular formula is C13H14F3N5O2. The molecule has 0 saturated carbocycles. The molecule has 0 radical (unpaired) electrons. The SMILES string of the molecule is Cc1cc(C)n2nc(C(=O)N3CC(OCC(F)(F)F)C3)nc2n1. The van der Waals surface area contributed by atoms with Crippen LogP contribution in [0.1, 0.15) is 22.0 Å². The van der Waals surface area contributed by atoms with E-state index >= 15 is 0 Å². The average molecular weight is 329 g/mol. The maximum Gasteiger partial charge on any atom is 0.411 e. The third-order valence-electron chi connectivity index (χ3n) is 3.43. The van der Waals surface area contributed by atoms with E-state index in [1.54, 1.807) is 13.0 Å². The molecule has 3 rings (SSSR count). The number of aryl methyl sites for hydroxylation is 2. The van der Waals surface area contributed by atoms with Crippen molar-refractivity contribution in [2.45, 2.75) is 26.1 Å². The maximum absolute atomic E-state index is 12.2. The number of ether oxygens (including phenoxy) is 1. The summed E-state index contributed by atoms with van der Waals surface area (Å²) in [5.41, 5.74) is 1.54. The number of hydrogen-bond acceptors (Lipinski definition) is 5. The summed E-state index contributed by atoms with van der Waals surface area (Å²) in [6, 6.07) is 1.81. The van der Waals surface area contributed by atoms with E-state index in [1.807, 2.05) is 6.92 Å². The van der Waals surface area contributed by atoms with Crippen molar-refractivity contribution in [2.75, 3.05) is 19.7 Å². The Bertz CT molecular complexity index is 752. The lowest BCUT2D eigenvalue weighted by Crippen LogP contribution is -2.55. The minimum Gasteiger partial charge on any atom is -0.365 e. The summed E-state index contributed by atoms with van der Waals surface area (Å²) in [4.78, 5) is 21.8. The van der Waals surface area contributed by atoms with Crippen LogP contribution in [0.25, 0.3) is 5.78 Å². The molecule has 0 atom stereocenters. The van der Waals surface area contributed by atoms with Gasteiger partial charge in [0.25, 0.3) is 11.7 Å². The summed E-state index contributed by atoms with van der Waals surface area (Å²) in [7, 11) is 0. The molecule has 0 N–H and O–H groups in total. The molecule has 0 bridgehead atoms. The van der Waals surface area contributed by atoms with Crippen LogP contribution >= 0.6 is 0 Å². The van der Waals surface area contributed by atoms with E-state index in [0.717, 1.165) is 11.4 Å². The summed E-state index contributed by atoms with van der Waals surface area (Å²) >= 11 is 0. The fourth-order valence-corrected chi connectivity index (χ4v) is 2.32. The van der Waals surface area contributed by atoms with E-state index in [2.05, 4.69) is 19.8 Å². The van der Waals surface area contributed by atoms with Gasteiger partial charge in [0.1, 0.15) is 6.61 Å². The number of carbonyl (C=O) groups is 1. The van der Waals surface area contributed by atoms with Crippen molar-refractivity contribution in [3.63, 3.8) is 0 Å². The van der Waals surface area contributed by atoms with Crippen LogP contribution < -0.4 is 0 Å². The molecule has 0 spiro atoms. The molecule has 2 aromatic rings. The first kappa shape index (κ1) is 15.7. The molecule has 0 unspecified atom stereocenters. The second kappa shape index (κ2) is 5.44. The Hall–Kier alpha value is -2.23. The van der Waals surface area contributed by atoms with Gasteiger partial charge >= 0.3 is 6.18 Å². The van der Waals surface area contributed by atoms with Crippen molar-refractivity contribution in [2.24, 2.45) is 0 Å². The number of fused-ring (bicyclic) bond motifs is 1. The predicted octanol–water partition coefficient (Wildman–Crippen LogP) is 1.14. The van der Waals surface area contributed by atoms with E-state index in [9.17, 15) is 18.0 Å². The summed E-state index contributed by atoms with van der Waals surface area (Å²) in [6.07, 6.45) is -4.98. The molecule has 3 heterocycles. The molecule has 1 saturated heterocycles. The summed E-state index contributed by atoms with van der Waals surface area (Å²) in [5.74, 6) is -0.156. The minimum absolute atomic E-state index is 0.0273. The number of amides is 1. The van der Waals surface area contributed by atoms with E-state index in [4.69, 9.17) is 0 Å². The number of halogens is 3. The van der Waals surface area contributed by atoms with Gasteiger partial charge in [-0.25, -0.2) is 9.50 Å². The maximum atomic E-state index is 12.2. The molecular weight excluding hydrogens is 315 g/mol. The van der Waals surface area contributed by atoms with Crippen molar-refractivity contribution in [1.82, 2.24) is 24.5 Å². The number of alkyl halides is 3. The number of aromatic nitrogens is 4. The number of hydrogen-bond donors (Lipinski definition) is 0. The minimum atomic E-state index is -4.37. The zero-order chi connectivity index (χ0) is 16.8. The molecule has 1 aliphatic heterocycles. The highest BCUT2D eigenvalue weighted by atomic mass is 19.4. The standard InChI is InChI=1S/C13H14F3N5O2/c1-7-3-8(2)21-12(17-7)18-10(19-21)11(22)20-4-9(5-20)23-6-13(14,15)16/h3,9H,4-6H2,1-2H3. The Balaban J connectivity index is 1.65. The Kier molecular flexibility index (Phi) is 3.71. The van der Waals surface area contributed by atoms with E-state index in [-0.39, 0.29) is 18.9 Å². The Morgan fingerprint density at radius 3 is 2.70 bits per heavy atom. The van der Waals surface area contributed by atoms with Gasteiger partial charge in [-0.2, -0.15) is 18.2 Å². The molecule has 23 heavy (non-hydrogen) atoms. The molecule has 124 valence electrons. The Morgan fingerprint density at radius 1 is 1.35 bits per heavy atom. The van der Waals surface area contributed by atoms with Crippen LogP contribution in [0, 0.1) is 13.8 Å². The van der Waals surface area contributed by atoms with Crippen molar-refractivity contribution < 1.29 is 22.7 Å². The normalized spacial score (nSPS) is 16.0. The van der Waals surface area contributed by atoms with E-state index in [1.165, 1.54) is 9.42 Å². The lowest BCUT2D eigenvalue weighted by molar-refractivity contribution is -0.196. The highest BCUT2D eigenvalue weighted by molar-refractivity contribution is 5.91. The summed E-state index contributed by atoms with van der Waals surface area (Å²) in [6.45, 7) is 2.50. The van der Waals surface area contributed by atoms with Crippen LogP contribution in [-0.4, -0.2) is 62.4 Å². The third-order valence-corrected chi connectivity index (χ3v) is 3.43. The summed E-state index contributed by atoms with van der Waals surface area (Å²) in [5, 5.41) is 4.10. The van der Waals surface area contributed by atoms with Gasteiger partial charge in [0, 0.05) is 24.5 Å². The van der Waals surface area contributed by atoms with Crippen LogP contribution in [0.5, 0.6) is 0 Å². The lowest BCUT2D eigenvalue weighted by atomic mass is 10.1. The molecule has 7 nitrogen and oxygen atoms in total. The van der Waals surface area contributed by atoms with Crippen LogP contribution in [0.3, 0.4) is 0 Å². The molecule has 10 heteroatoms. The van der Waals surface area contributed by atoms with Crippen molar-refractivity contribution in [3.8, 4) is 0 Å². The van der Waals surface area contributed by atoms with Gasteiger partial charge in [-0.15, -0.1) is 5.10 Å². The topological polar surface area (TPSA) is 72.6 Å². The zero-order valence-electron chi connectivity index (χ0n) is 12.5. The van der Waals surface area contributed by atoms with Crippen molar-refractivity contribution in [3.05, 3.63) is 23.3 Å².